The number of ether oxygens (including phenoxy) is 2. The van der Waals surface area contributed by atoms with E-state index in [2.05, 4.69) is 17.9 Å². The van der Waals surface area contributed by atoms with Gasteiger partial charge in [0.15, 0.2) is 0 Å². The Balaban J connectivity index is 2.21. The lowest BCUT2D eigenvalue weighted by Crippen LogP contribution is -2.38. The summed E-state index contributed by atoms with van der Waals surface area (Å²) in [6, 6.07) is 6.30. The summed E-state index contributed by atoms with van der Waals surface area (Å²) >= 11 is 0. The van der Waals surface area contributed by atoms with Gasteiger partial charge >= 0.3 is 5.97 Å². The van der Waals surface area contributed by atoms with E-state index in [0.717, 1.165) is 37.4 Å². The number of carbonyl (C=O) groups is 1. The van der Waals surface area contributed by atoms with Crippen molar-refractivity contribution < 1.29 is 14.3 Å². The molecule has 1 heterocycles. The summed E-state index contributed by atoms with van der Waals surface area (Å²) in [7, 11) is 1.42. The Hall–Kier alpha value is -1.39. The Bertz CT molecular complexity index is 453. The van der Waals surface area contributed by atoms with Gasteiger partial charge in [0.1, 0.15) is 0 Å². The highest BCUT2D eigenvalue weighted by Crippen LogP contribution is 2.23. The molecule has 1 aliphatic heterocycles. The van der Waals surface area contributed by atoms with Crippen molar-refractivity contribution in [2.24, 2.45) is 0 Å². The fourth-order valence-corrected chi connectivity index (χ4v) is 2.40. The summed E-state index contributed by atoms with van der Waals surface area (Å²) in [6.45, 7) is 7.51. The van der Waals surface area contributed by atoms with E-state index >= 15 is 0 Å². The summed E-state index contributed by atoms with van der Waals surface area (Å²) in [5.41, 5.74) is 2.75. The van der Waals surface area contributed by atoms with Crippen LogP contribution in [0.25, 0.3) is 0 Å². The average molecular weight is 263 g/mol. The maximum Gasteiger partial charge on any atom is 0.338 e. The predicted molar refractivity (Wildman–Crippen MR) is 73.3 cm³/mol. The van der Waals surface area contributed by atoms with Gasteiger partial charge in [0.25, 0.3) is 0 Å². The van der Waals surface area contributed by atoms with Crippen LogP contribution in [-0.4, -0.2) is 44.3 Å². The van der Waals surface area contributed by atoms with E-state index in [9.17, 15) is 4.79 Å². The Kier molecular flexibility index (Phi) is 4.56. The van der Waals surface area contributed by atoms with Crippen molar-refractivity contribution in [3.8, 4) is 0 Å². The molecule has 104 valence electrons. The van der Waals surface area contributed by atoms with E-state index in [1.54, 1.807) is 0 Å². The van der Waals surface area contributed by atoms with Gasteiger partial charge in [-0.25, -0.2) is 4.79 Å². The highest BCUT2D eigenvalue weighted by molar-refractivity contribution is 5.91. The number of benzene rings is 1. The quantitative estimate of drug-likeness (QED) is 0.783. The molecule has 0 aromatic heterocycles. The van der Waals surface area contributed by atoms with Crippen LogP contribution < -0.4 is 0 Å². The lowest BCUT2D eigenvalue weighted by molar-refractivity contribution is 0.0198. The lowest BCUT2D eigenvalue weighted by atomic mass is 10.00. The molecule has 0 N–H and O–H groups in total. The van der Waals surface area contributed by atoms with Crippen LogP contribution in [0.4, 0.5) is 0 Å². The molecule has 2 rings (SSSR count). The minimum Gasteiger partial charge on any atom is -0.465 e. The number of esters is 1. The van der Waals surface area contributed by atoms with Gasteiger partial charge in [0.05, 0.1) is 25.9 Å². The van der Waals surface area contributed by atoms with Crippen molar-refractivity contribution in [1.29, 1.82) is 0 Å². The first-order chi connectivity index (χ1) is 9.13. The van der Waals surface area contributed by atoms with Crippen LogP contribution in [0.5, 0.6) is 0 Å². The number of nitrogens with zero attached hydrogens (tertiary/aromatic N) is 1. The molecule has 0 aliphatic carbocycles. The van der Waals surface area contributed by atoms with Gasteiger partial charge in [-0.1, -0.05) is 12.1 Å². The van der Waals surface area contributed by atoms with E-state index in [4.69, 9.17) is 9.47 Å². The SMILES string of the molecule is COC(=O)c1cc(C(C)N2CCOCC2)ccc1C. The predicted octanol–water partition coefficient (Wildman–Crippen LogP) is 2.17. The number of hydrogen-bond donors (Lipinski definition) is 0. The van der Waals surface area contributed by atoms with Crippen LogP contribution in [0.1, 0.15) is 34.5 Å². The second kappa shape index (κ2) is 6.17. The van der Waals surface area contributed by atoms with Crippen LogP contribution in [0.15, 0.2) is 18.2 Å². The van der Waals surface area contributed by atoms with Crippen LogP contribution in [0, 0.1) is 6.92 Å². The largest absolute Gasteiger partial charge is 0.465 e. The standard InChI is InChI=1S/C15H21NO3/c1-11-4-5-13(10-14(11)15(17)18-3)12(2)16-6-8-19-9-7-16/h4-5,10,12H,6-9H2,1-3H3. The van der Waals surface area contributed by atoms with Gasteiger partial charge < -0.3 is 9.47 Å². The van der Waals surface area contributed by atoms with Crippen molar-refractivity contribution in [2.75, 3.05) is 33.4 Å². The summed E-state index contributed by atoms with van der Waals surface area (Å²) in [5.74, 6) is -0.270. The molecule has 1 fully saturated rings. The molecule has 0 amide bonds. The maximum absolute atomic E-state index is 11.7. The molecule has 4 nitrogen and oxygen atoms in total. The van der Waals surface area contributed by atoms with Crippen LogP contribution in [0.3, 0.4) is 0 Å². The van der Waals surface area contributed by atoms with Gasteiger partial charge in [0, 0.05) is 19.1 Å². The first-order valence-corrected chi connectivity index (χ1v) is 6.64. The zero-order valence-electron chi connectivity index (χ0n) is 11.8. The van der Waals surface area contributed by atoms with Gasteiger partial charge in [-0.2, -0.15) is 0 Å². The van der Waals surface area contributed by atoms with Crippen molar-refractivity contribution in [2.45, 2.75) is 19.9 Å². The first-order valence-electron chi connectivity index (χ1n) is 6.64. The number of carbonyl (C=O) groups excluding carboxylic acids is 1. The third-order valence-electron chi connectivity index (χ3n) is 3.74. The molecule has 1 saturated heterocycles. The van der Waals surface area contributed by atoms with Gasteiger partial charge in [0.2, 0.25) is 0 Å². The van der Waals surface area contributed by atoms with Gasteiger partial charge in [-0.05, 0) is 31.0 Å². The number of morpholine rings is 1. The molecular formula is C15H21NO3. The monoisotopic (exact) mass is 263 g/mol. The molecule has 19 heavy (non-hydrogen) atoms. The lowest BCUT2D eigenvalue weighted by Gasteiger charge is -2.32. The highest BCUT2D eigenvalue weighted by Gasteiger charge is 2.20. The Labute approximate surface area is 114 Å². The van der Waals surface area contributed by atoms with E-state index in [1.165, 1.54) is 7.11 Å². The minimum absolute atomic E-state index is 0.270. The third kappa shape index (κ3) is 3.14. The topological polar surface area (TPSA) is 38.8 Å². The maximum atomic E-state index is 11.7. The van der Waals surface area contributed by atoms with E-state index in [-0.39, 0.29) is 12.0 Å². The fraction of sp³-hybridized carbons (Fsp3) is 0.533. The number of aryl methyl sites for hydroxylation is 1. The molecule has 1 atom stereocenters. The molecule has 1 aromatic rings. The highest BCUT2D eigenvalue weighted by atomic mass is 16.5. The molecule has 4 heteroatoms. The van der Waals surface area contributed by atoms with Crippen molar-refractivity contribution in [1.82, 2.24) is 4.90 Å². The van der Waals surface area contributed by atoms with Crippen molar-refractivity contribution in [3.63, 3.8) is 0 Å². The van der Waals surface area contributed by atoms with E-state index in [0.29, 0.717) is 5.56 Å². The Morgan fingerprint density at radius 2 is 2.05 bits per heavy atom. The summed E-state index contributed by atoms with van der Waals surface area (Å²) in [6.07, 6.45) is 0. The summed E-state index contributed by atoms with van der Waals surface area (Å²) < 4.78 is 10.2. The first kappa shape index (κ1) is 14.0. The molecule has 0 radical (unpaired) electrons. The van der Waals surface area contributed by atoms with Gasteiger partial charge in [-0.3, -0.25) is 4.90 Å². The number of hydrogen-bond acceptors (Lipinski definition) is 4. The second-order valence-electron chi connectivity index (χ2n) is 4.89. The third-order valence-corrected chi connectivity index (χ3v) is 3.74. The molecular weight excluding hydrogens is 242 g/mol. The summed E-state index contributed by atoms with van der Waals surface area (Å²) in [4.78, 5) is 14.1. The average Bonchev–Trinajstić information content (AvgIpc) is 2.47. The molecule has 0 spiro atoms. The Morgan fingerprint density at radius 1 is 1.37 bits per heavy atom. The molecule has 0 bridgehead atoms. The van der Waals surface area contributed by atoms with Crippen molar-refractivity contribution >= 4 is 5.97 Å². The zero-order chi connectivity index (χ0) is 13.8. The molecule has 0 saturated carbocycles. The van der Waals surface area contributed by atoms with E-state index in [1.807, 2.05) is 19.1 Å². The van der Waals surface area contributed by atoms with E-state index < -0.39 is 0 Å². The fourth-order valence-electron chi connectivity index (χ4n) is 2.40. The Morgan fingerprint density at radius 3 is 2.68 bits per heavy atom. The van der Waals surface area contributed by atoms with Crippen LogP contribution in [0.2, 0.25) is 0 Å². The minimum atomic E-state index is -0.270. The number of rotatable bonds is 3. The summed E-state index contributed by atoms with van der Waals surface area (Å²) in [5, 5.41) is 0. The zero-order valence-corrected chi connectivity index (χ0v) is 11.8. The number of methoxy groups -OCH3 is 1. The second-order valence-corrected chi connectivity index (χ2v) is 4.89. The molecule has 1 unspecified atom stereocenters. The molecule has 1 aliphatic rings. The van der Waals surface area contributed by atoms with Gasteiger partial charge in [-0.15, -0.1) is 0 Å². The molecule has 1 aromatic carbocycles. The van der Waals surface area contributed by atoms with Crippen molar-refractivity contribution in [3.05, 3.63) is 34.9 Å². The van der Waals surface area contributed by atoms with Crippen LogP contribution >= 0.6 is 0 Å². The van der Waals surface area contributed by atoms with Crippen LogP contribution in [-0.2, 0) is 9.47 Å². The smallest absolute Gasteiger partial charge is 0.338 e. The normalized spacial score (nSPS) is 18.1.